The first-order valence-electron chi connectivity index (χ1n) is 6.93. The summed E-state index contributed by atoms with van der Waals surface area (Å²) >= 11 is 0. The molecule has 0 saturated carbocycles. The summed E-state index contributed by atoms with van der Waals surface area (Å²) in [6, 6.07) is 6.73. The minimum Gasteiger partial charge on any atom is -0.396 e. The minimum atomic E-state index is -0.519. The Labute approximate surface area is 118 Å². The Morgan fingerprint density at radius 2 is 2.15 bits per heavy atom. The van der Waals surface area contributed by atoms with E-state index in [1.165, 1.54) is 0 Å². The highest BCUT2D eigenvalue weighted by Gasteiger charge is 2.38. The zero-order chi connectivity index (χ0) is 14.7. The number of aliphatic hydroxyl groups is 1. The number of fused-ring (bicyclic) bond motifs is 1. The Morgan fingerprint density at radius 1 is 1.45 bits per heavy atom. The quantitative estimate of drug-likeness (QED) is 0.880. The van der Waals surface area contributed by atoms with Crippen molar-refractivity contribution >= 4 is 23.2 Å². The van der Waals surface area contributed by atoms with Crippen molar-refractivity contribution in [2.45, 2.75) is 32.7 Å². The lowest BCUT2D eigenvalue weighted by Gasteiger charge is -2.39. The maximum absolute atomic E-state index is 12.3. The summed E-state index contributed by atoms with van der Waals surface area (Å²) in [7, 11) is 0. The molecule has 1 aliphatic rings. The van der Waals surface area contributed by atoms with E-state index < -0.39 is 6.04 Å². The molecule has 1 aliphatic heterocycles. The van der Waals surface area contributed by atoms with Gasteiger partial charge >= 0.3 is 0 Å². The standard InChI is InChI=1S/C15H20N2O3/c1-3-10(2)14-15(20)16-11-6-4-5-7-12(11)17(14)13(19)8-9-18/h4-7,10,14,18H,3,8-9H2,1-2H3,(H,16,20). The number of hydrogen-bond acceptors (Lipinski definition) is 3. The lowest BCUT2D eigenvalue weighted by molar-refractivity contribution is -0.125. The summed E-state index contributed by atoms with van der Waals surface area (Å²) in [5.41, 5.74) is 1.35. The van der Waals surface area contributed by atoms with Gasteiger partial charge in [-0.3, -0.25) is 14.5 Å². The summed E-state index contributed by atoms with van der Waals surface area (Å²) in [6.07, 6.45) is 0.817. The van der Waals surface area contributed by atoms with E-state index in [1.807, 2.05) is 32.0 Å². The molecule has 1 heterocycles. The molecule has 0 aliphatic carbocycles. The smallest absolute Gasteiger partial charge is 0.247 e. The van der Waals surface area contributed by atoms with Crippen molar-refractivity contribution in [1.82, 2.24) is 0 Å². The van der Waals surface area contributed by atoms with Crippen molar-refractivity contribution in [2.75, 3.05) is 16.8 Å². The number of nitrogens with one attached hydrogen (secondary N) is 1. The number of aliphatic hydroxyl groups excluding tert-OH is 1. The van der Waals surface area contributed by atoms with Crippen LogP contribution in [0.3, 0.4) is 0 Å². The molecule has 1 aromatic carbocycles. The van der Waals surface area contributed by atoms with Crippen molar-refractivity contribution in [3.8, 4) is 0 Å². The Morgan fingerprint density at radius 3 is 2.80 bits per heavy atom. The normalized spacial score (nSPS) is 19.2. The SMILES string of the molecule is CCC(C)C1C(=O)Nc2ccccc2N1C(=O)CCO. The third kappa shape index (κ3) is 2.54. The number of rotatable bonds is 4. The van der Waals surface area contributed by atoms with E-state index in [2.05, 4.69) is 5.32 Å². The molecule has 0 radical (unpaired) electrons. The lowest BCUT2D eigenvalue weighted by atomic mass is 9.93. The highest BCUT2D eigenvalue weighted by Crippen LogP contribution is 2.35. The summed E-state index contributed by atoms with van der Waals surface area (Å²) in [4.78, 5) is 26.2. The van der Waals surface area contributed by atoms with Gasteiger partial charge in [-0.15, -0.1) is 0 Å². The lowest BCUT2D eigenvalue weighted by Crippen LogP contribution is -2.54. The molecular weight excluding hydrogens is 256 g/mol. The molecule has 2 rings (SSSR count). The fourth-order valence-corrected chi connectivity index (χ4v) is 2.50. The largest absolute Gasteiger partial charge is 0.396 e. The van der Waals surface area contributed by atoms with E-state index in [-0.39, 0.29) is 30.8 Å². The van der Waals surface area contributed by atoms with Crippen molar-refractivity contribution in [3.05, 3.63) is 24.3 Å². The second-order valence-corrected chi connectivity index (χ2v) is 5.07. The molecule has 0 spiro atoms. The van der Waals surface area contributed by atoms with Gasteiger partial charge in [-0.25, -0.2) is 0 Å². The zero-order valence-corrected chi connectivity index (χ0v) is 11.8. The molecule has 2 amide bonds. The third-order valence-corrected chi connectivity index (χ3v) is 3.75. The van der Waals surface area contributed by atoms with Crippen molar-refractivity contribution < 1.29 is 14.7 Å². The molecule has 20 heavy (non-hydrogen) atoms. The maximum atomic E-state index is 12.3. The van der Waals surface area contributed by atoms with Crippen LogP contribution in [0.25, 0.3) is 0 Å². The molecule has 2 unspecified atom stereocenters. The maximum Gasteiger partial charge on any atom is 0.247 e. The van der Waals surface area contributed by atoms with Crippen LogP contribution in [0.5, 0.6) is 0 Å². The first-order valence-corrected chi connectivity index (χ1v) is 6.93. The van der Waals surface area contributed by atoms with Gasteiger partial charge in [0.2, 0.25) is 11.8 Å². The van der Waals surface area contributed by atoms with Gasteiger partial charge in [0.25, 0.3) is 0 Å². The molecule has 0 aromatic heterocycles. The van der Waals surface area contributed by atoms with Crippen LogP contribution in [-0.4, -0.2) is 29.6 Å². The van der Waals surface area contributed by atoms with Gasteiger partial charge in [0.15, 0.2) is 0 Å². The van der Waals surface area contributed by atoms with Crippen LogP contribution in [0.15, 0.2) is 24.3 Å². The number of carbonyl (C=O) groups excluding carboxylic acids is 2. The summed E-state index contributed by atoms with van der Waals surface area (Å²) in [6.45, 7) is 3.73. The summed E-state index contributed by atoms with van der Waals surface area (Å²) in [5.74, 6) is -0.338. The molecule has 0 fully saturated rings. The Balaban J connectivity index is 2.47. The van der Waals surface area contributed by atoms with Crippen LogP contribution in [-0.2, 0) is 9.59 Å². The summed E-state index contributed by atoms with van der Waals surface area (Å²) in [5, 5.41) is 11.9. The molecule has 5 heteroatoms. The van der Waals surface area contributed by atoms with Crippen LogP contribution in [0.4, 0.5) is 11.4 Å². The molecule has 0 bridgehead atoms. The number of nitrogens with zero attached hydrogens (tertiary/aromatic N) is 1. The molecule has 2 N–H and O–H groups in total. The van der Waals surface area contributed by atoms with Crippen molar-refractivity contribution in [3.63, 3.8) is 0 Å². The van der Waals surface area contributed by atoms with Crippen molar-refractivity contribution in [1.29, 1.82) is 0 Å². The Bertz CT molecular complexity index is 516. The number of benzene rings is 1. The van der Waals surface area contributed by atoms with Gasteiger partial charge in [-0.1, -0.05) is 32.4 Å². The predicted molar refractivity (Wildman–Crippen MR) is 77.5 cm³/mol. The van der Waals surface area contributed by atoms with Gasteiger partial charge in [-0.05, 0) is 18.1 Å². The number of carbonyl (C=O) groups is 2. The van der Waals surface area contributed by atoms with Crippen LogP contribution < -0.4 is 10.2 Å². The first kappa shape index (κ1) is 14.5. The van der Waals surface area contributed by atoms with E-state index in [1.54, 1.807) is 11.0 Å². The number of hydrogen-bond donors (Lipinski definition) is 2. The fourth-order valence-electron chi connectivity index (χ4n) is 2.50. The van der Waals surface area contributed by atoms with E-state index >= 15 is 0 Å². The number of para-hydroxylation sites is 2. The average Bonchev–Trinajstić information content (AvgIpc) is 2.45. The van der Waals surface area contributed by atoms with Gasteiger partial charge in [0, 0.05) is 0 Å². The van der Waals surface area contributed by atoms with E-state index in [9.17, 15) is 9.59 Å². The minimum absolute atomic E-state index is 0.0224. The van der Waals surface area contributed by atoms with Crippen LogP contribution >= 0.6 is 0 Å². The second kappa shape index (κ2) is 6.05. The molecule has 108 valence electrons. The highest BCUT2D eigenvalue weighted by molar-refractivity contribution is 6.12. The van der Waals surface area contributed by atoms with Gasteiger partial charge in [0.1, 0.15) is 6.04 Å². The van der Waals surface area contributed by atoms with E-state index in [4.69, 9.17) is 5.11 Å². The van der Waals surface area contributed by atoms with Gasteiger partial charge in [0.05, 0.1) is 24.4 Å². The molecule has 0 saturated heterocycles. The van der Waals surface area contributed by atoms with Gasteiger partial charge < -0.3 is 10.4 Å². The Hall–Kier alpha value is -1.88. The second-order valence-electron chi connectivity index (χ2n) is 5.07. The third-order valence-electron chi connectivity index (χ3n) is 3.75. The fraction of sp³-hybridized carbons (Fsp3) is 0.467. The summed E-state index contributed by atoms with van der Waals surface area (Å²) < 4.78 is 0. The Kier molecular flexibility index (Phi) is 4.39. The monoisotopic (exact) mass is 276 g/mol. The molecule has 1 aromatic rings. The number of amides is 2. The molecule has 2 atom stereocenters. The van der Waals surface area contributed by atoms with Crippen LogP contribution in [0.2, 0.25) is 0 Å². The van der Waals surface area contributed by atoms with Gasteiger partial charge in [-0.2, -0.15) is 0 Å². The van der Waals surface area contributed by atoms with E-state index in [0.717, 1.165) is 6.42 Å². The average molecular weight is 276 g/mol. The first-order chi connectivity index (χ1) is 9.60. The van der Waals surface area contributed by atoms with E-state index in [0.29, 0.717) is 11.4 Å². The molecular formula is C15H20N2O3. The van der Waals surface area contributed by atoms with Crippen LogP contribution in [0.1, 0.15) is 26.7 Å². The predicted octanol–water partition coefficient (Wildman–Crippen LogP) is 1.77. The topological polar surface area (TPSA) is 69.6 Å². The molecule has 5 nitrogen and oxygen atoms in total. The van der Waals surface area contributed by atoms with Crippen LogP contribution in [0, 0.1) is 5.92 Å². The number of anilines is 2. The highest BCUT2D eigenvalue weighted by atomic mass is 16.3. The van der Waals surface area contributed by atoms with Crippen molar-refractivity contribution in [2.24, 2.45) is 5.92 Å². The zero-order valence-electron chi connectivity index (χ0n) is 11.8.